The van der Waals surface area contributed by atoms with Gasteiger partial charge in [-0.05, 0) is 24.9 Å². The minimum Gasteiger partial charge on any atom is -0.381 e. The summed E-state index contributed by atoms with van der Waals surface area (Å²) in [5.74, 6) is 0.639. The fraction of sp³-hybridized carbons (Fsp3) is 0.700. The van der Waals surface area contributed by atoms with E-state index in [9.17, 15) is 0 Å². The largest absolute Gasteiger partial charge is 0.381 e. The molecule has 0 unspecified atom stereocenters. The summed E-state index contributed by atoms with van der Waals surface area (Å²) in [5.41, 5.74) is 6.70. The van der Waals surface area contributed by atoms with Gasteiger partial charge in [-0.2, -0.15) is 5.10 Å². The molecule has 1 saturated heterocycles. The van der Waals surface area contributed by atoms with Gasteiger partial charge in [0.05, 0.1) is 12.8 Å². The van der Waals surface area contributed by atoms with E-state index < -0.39 is 0 Å². The van der Waals surface area contributed by atoms with Gasteiger partial charge in [0.25, 0.3) is 0 Å². The second-order valence-electron chi connectivity index (χ2n) is 3.84. The van der Waals surface area contributed by atoms with Crippen molar-refractivity contribution in [3.05, 3.63) is 18.0 Å². The fourth-order valence-electron chi connectivity index (χ4n) is 1.79. The summed E-state index contributed by atoms with van der Waals surface area (Å²) in [6, 6.07) is 0. The molecule has 0 radical (unpaired) electrons. The Balaban J connectivity index is 1.88. The van der Waals surface area contributed by atoms with E-state index >= 15 is 0 Å². The van der Waals surface area contributed by atoms with E-state index in [0.29, 0.717) is 12.5 Å². The van der Waals surface area contributed by atoms with Gasteiger partial charge in [-0.1, -0.05) is 0 Å². The smallest absolute Gasteiger partial charge is 0.0522 e. The quantitative estimate of drug-likeness (QED) is 0.757. The van der Waals surface area contributed by atoms with Crippen molar-refractivity contribution in [1.29, 1.82) is 0 Å². The zero-order chi connectivity index (χ0) is 9.80. The van der Waals surface area contributed by atoms with Crippen LogP contribution in [0, 0.1) is 5.92 Å². The molecule has 0 spiro atoms. The van der Waals surface area contributed by atoms with Crippen molar-refractivity contribution >= 4 is 0 Å². The standard InChI is InChI=1S/C10H17N3O/c11-3-1-9-5-12-13(6-9)7-10-2-4-14-8-10/h5-6,10H,1-4,7-8,11H2/t10-/m0/s1. The van der Waals surface area contributed by atoms with Crippen molar-refractivity contribution < 1.29 is 4.74 Å². The van der Waals surface area contributed by atoms with E-state index in [4.69, 9.17) is 10.5 Å². The second-order valence-corrected chi connectivity index (χ2v) is 3.84. The molecule has 1 atom stereocenters. The number of ether oxygens (including phenoxy) is 1. The summed E-state index contributed by atoms with van der Waals surface area (Å²) in [5, 5.41) is 4.30. The van der Waals surface area contributed by atoms with Gasteiger partial charge in [0.2, 0.25) is 0 Å². The van der Waals surface area contributed by atoms with E-state index in [1.54, 1.807) is 0 Å². The summed E-state index contributed by atoms with van der Waals surface area (Å²) in [6.45, 7) is 3.45. The first-order valence-corrected chi connectivity index (χ1v) is 5.17. The van der Waals surface area contributed by atoms with Crippen LogP contribution in [-0.2, 0) is 17.7 Å². The van der Waals surface area contributed by atoms with Crippen molar-refractivity contribution in [3.8, 4) is 0 Å². The van der Waals surface area contributed by atoms with Crippen LogP contribution >= 0.6 is 0 Å². The normalized spacial score (nSPS) is 21.6. The molecule has 0 aromatic carbocycles. The third-order valence-corrected chi connectivity index (χ3v) is 2.59. The van der Waals surface area contributed by atoms with Gasteiger partial charge in [-0.3, -0.25) is 4.68 Å². The lowest BCUT2D eigenvalue weighted by Gasteiger charge is -2.06. The molecule has 1 aliphatic heterocycles. The Morgan fingerprint density at radius 1 is 1.64 bits per heavy atom. The predicted octanol–water partition coefficient (Wildman–Crippen LogP) is 0.421. The molecule has 1 aromatic heterocycles. The third-order valence-electron chi connectivity index (χ3n) is 2.59. The summed E-state index contributed by atoms with van der Waals surface area (Å²) >= 11 is 0. The van der Waals surface area contributed by atoms with Gasteiger partial charge in [-0.15, -0.1) is 0 Å². The molecule has 4 nitrogen and oxygen atoms in total. The number of rotatable bonds is 4. The summed E-state index contributed by atoms with van der Waals surface area (Å²) in [6.07, 6.45) is 6.07. The van der Waals surface area contributed by atoms with Crippen LogP contribution in [0.3, 0.4) is 0 Å². The Morgan fingerprint density at radius 3 is 3.29 bits per heavy atom. The van der Waals surface area contributed by atoms with Gasteiger partial charge in [-0.25, -0.2) is 0 Å². The van der Waals surface area contributed by atoms with Crippen LogP contribution < -0.4 is 5.73 Å². The Labute approximate surface area is 84.0 Å². The molecule has 14 heavy (non-hydrogen) atoms. The molecular formula is C10H17N3O. The molecule has 2 N–H and O–H groups in total. The SMILES string of the molecule is NCCc1cnn(C[C@@H]2CCOC2)c1. The van der Waals surface area contributed by atoms with Gasteiger partial charge in [0, 0.05) is 25.3 Å². The second kappa shape index (κ2) is 4.57. The highest BCUT2D eigenvalue weighted by Gasteiger charge is 2.16. The Bertz CT molecular complexity index is 279. The molecular weight excluding hydrogens is 178 g/mol. The van der Waals surface area contributed by atoms with Crippen molar-refractivity contribution in [2.45, 2.75) is 19.4 Å². The highest BCUT2D eigenvalue weighted by molar-refractivity contribution is 5.04. The van der Waals surface area contributed by atoms with Crippen LogP contribution in [0.15, 0.2) is 12.4 Å². The van der Waals surface area contributed by atoms with Gasteiger partial charge >= 0.3 is 0 Å². The molecule has 1 aliphatic rings. The lowest BCUT2D eigenvalue weighted by Crippen LogP contribution is -2.10. The number of aromatic nitrogens is 2. The number of hydrogen-bond acceptors (Lipinski definition) is 3. The molecule has 0 amide bonds. The number of hydrogen-bond donors (Lipinski definition) is 1. The van der Waals surface area contributed by atoms with E-state index in [-0.39, 0.29) is 0 Å². The van der Waals surface area contributed by atoms with Crippen molar-refractivity contribution in [1.82, 2.24) is 9.78 Å². The maximum Gasteiger partial charge on any atom is 0.0522 e. The number of nitrogens with zero attached hydrogens (tertiary/aromatic N) is 2. The van der Waals surface area contributed by atoms with Gasteiger partial charge in [0.15, 0.2) is 0 Å². The van der Waals surface area contributed by atoms with E-state index in [1.165, 1.54) is 5.56 Å². The lowest BCUT2D eigenvalue weighted by molar-refractivity contribution is 0.181. The molecule has 1 aromatic rings. The van der Waals surface area contributed by atoms with E-state index in [2.05, 4.69) is 11.3 Å². The zero-order valence-electron chi connectivity index (χ0n) is 8.35. The molecule has 0 aliphatic carbocycles. The predicted molar refractivity (Wildman–Crippen MR) is 53.9 cm³/mol. The fourth-order valence-corrected chi connectivity index (χ4v) is 1.79. The summed E-state index contributed by atoms with van der Waals surface area (Å²) in [7, 11) is 0. The first-order chi connectivity index (χ1) is 6.88. The van der Waals surface area contributed by atoms with Crippen molar-refractivity contribution in [2.24, 2.45) is 11.7 Å². The van der Waals surface area contributed by atoms with E-state index in [1.807, 2.05) is 10.9 Å². The lowest BCUT2D eigenvalue weighted by atomic mass is 10.1. The van der Waals surface area contributed by atoms with Crippen LogP contribution in [0.4, 0.5) is 0 Å². The average Bonchev–Trinajstić information content (AvgIpc) is 2.79. The maximum atomic E-state index is 5.48. The van der Waals surface area contributed by atoms with Crippen LogP contribution in [0.2, 0.25) is 0 Å². The maximum absolute atomic E-state index is 5.48. The van der Waals surface area contributed by atoms with Gasteiger partial charge in [0.1, 0.15) is 0 Å². The molecule has 4 heteroatoms. The van der Waals surface area contributed by atoms with Crippen LogP contribution in [0.5, 0.6) is 0 Å². The monoisotopic (exact) mass is 195 g/mol. The Morgan fingerprint density at radius 2 is 2.57 bits per heavy atom. The van der Waals surface area contributed by atoms with Crippen LogP contribution in [-0.4, -0.2) is 29.5 Å². The van der Waals surface area contributed by atoms with Crippen molar-refractivity contribution in [2.75, 3.05) is 19.8 Å². The zero-order valence-corrected chi connectivity index (χ0v) is 8.35. The summed E-state index contributed by atoms with van der Waals surface area (Å²) in [4.78, 5) is 0. The van der Waals surface area contributed by atoms with E-state index in [0.717, 1.165) is 32.6 Å². The Kier molecular flexibility index (Phi) is 3.16. The minimum absolute atomic E-state index is 0.639. The molecule has 2 heterocycles. The average molecular weight is 195 g/mol. The van der Waals surface area contributed by atoms with Crippen LogP contribution in [0.1, 0.15) is 12.0 Å². The number of nitrogens with two attached hydrogens (primary N) is 1. The highest BCUT2D eigenvalue weighted by Crippen LogP contribution is 2.14. The Hall–Kier alpha value is -0.870. The van der Waals surface area contributed by atoms with Crippen LogP contribution in [0.25, 0.3) is 0 Å². The topological polar surface area (TPSA) is 53.1 Å². The molecule has 0 bridgehead atoms. The molecule has 0 saturated carbocycles. The highest BCUT2D eigenvalue weighted by atomic mass is 16.5. The minimum atomic E-state index is 0.639. The molecule has 1 fully saturated rings. The first kappa shape index (κ1) is 9.68. The van der Waals surface area contributed by atoms with Gasteiger partial charge < -0.3 is 10.5 Å². The molecule has 78 valence electrons. The first-order valence-electron chi connectivity index (χ1n) is 5.17. The third kappa shape index (κ3) is 2.33. The van der Waals surface area contributed by atoms with Crippen molar-refractivity contribution in [3.63, 3.8) is 0 Å². The summed E-state index contributed by atoms with van der Waals surface area (Å²) < 4.78 is 7.33. The molecule has 2 rings (SSSR count).